The normalized spacial score (nSPS) is 10.1. The lowest BCUT2D eigenvalue weighted by molar-refractivity contribution is -0.120. The molecule has 0 aliphatic carbocycles. The number of methoxy groups -OCH3 is 2. The number of nitrogens with one attached hydrogen (secondary N) is 1. The standard InChI is InChI=1S/C18H21NO3/c1-13-5-4-6-14(9-13)10-18(20)19-12-15-11-16(21-2)7-8-17(15)22-3/h4-9,11H,10,12H2,1-3H3,(H,19,20). The summed E-state index contributed by atoms with van der Waals surface area (Å²) in [5.74, 6) is 1.45. The minimum Gasteiger partial charge on any atom is -0.497 e. The van der Waals surface area contributed by atoms with E-state index in [9.17, 15) is 4.79 Å². The largest absolute Gasteiger partial charge is 0.497 e. The molecule has 0 saturated heterocycles. The van der Waals surface area contributed by atoms with Crippen LogP contribution >= 0.6 is 0 Å². The molecule has 0 spiro atoms. The lowest BCUT2D eigenvalue weighted by Crippen LogP contribution is -2.24. The Balaban J connectivity index is 1.98. The van der Waals surface area contributed by atoms with Gasteiger partial charge in [-0.25, -0.2) is 0 Å². The highest BCUT2D eigenvalue weighted by Crippen LogP contribution is 2.23. The van der Waals surface area contributed by atoms with Crippen LogP contribution in [0, 0.1) is 6.92 Å². The first-order valence-corrected chi connectivity index (χ1v) is 7.15. The van der Waals surface area contributed by atoms with Crippen LogP contribution in [0.15, 0.2) is 42.5 Å². The minimum absolute atomic E-state index is 0.0181. The van der Waals surface area contributed by atoms with Gasteiger partial charge in [0, 0.05) is 12.1 Å². The quantitative estimate of drug-likeness (QED) is 0.892. The molecule has 0 aromatic heterocycles. The van der Waals surface area contributed by atoms with Gasteiger partial charge in [0.2, 0.25) is 5.91 Å². The van der Waals surface area contributed by atoms with E-state index in [1.165, 1.54) is 0 Å². The Morgan fingerprint density at radius 2 is 1.91 bits per heavy atom. The number of amides is 1. The van der Waals surface area contributed by atoms with Crippen molar-refractivity contribution in [2.75, 3.05) is 14.2 Å². The Morgan fingerprint density at radius 1 is 1.09 bits per heavy atom. The van der Waals surface area contributed by atoms with Gasteiger partial charge in [0.1, 0.15) is 11.5 Å². The highest BCUT2D eigenvalue weighted by molar-refractivity contribution is 5.78. The first-order chi connectivity index (χ1) is 10.6. The molecule has 0 aliphatic rings. The van der Waals surface area contributed by atoms with Crippen molar-refractivity contribution < 1.29 is 14.3 Å². The van der Waals surface area contributed by atoms with Crippen LogP contribution in [0.5, 0.6) is 11.5 Å². The SMILES string of the molecule is COc1ccc(OC)c(CNC(=O)Cc2cccc(C)c2)c1. The molecular formula is C18H21NO3. The van der Waals surface area contributed by atoms with Crippen LogP contribution in [-0.2, 0) is 17.8 Å². The molecule has 2 rings (SSSR count). The van der Waals surface area contributed by atoms with Crippen LogP contribution in [0.4, 0.5) is 0 Å². The molecule has 4 heteroatoms. The molecule has 2 aromatic carbocycles. The van der Waals surface area contributed by atoms with Crippen molar-refractivity contribution in [3.05, 3.63) is 59.2 Å². The molecule has 2 aromatic rings. The second kappa shape index (κ2) is 7.50. The summed E-state index contributed by atoms with van der Waals surface area (Å²) >= 11 is 0. The molecule has 1 amide bonds. The van der Waals surface area contributed by atoms with Crippen molar-refractivity contribution >= 4 is 5.91 Å². The van der Waals surface area contributed by atoms with Gasteiger partial charge in [-0.3, -0.25) is 4.79 Å². The van der Waals surface area contributed by atoms with E-state index in [4.69, 9.17) is 9.47 Å². The van der Waals surface area contributed by atoms with E-state index >= 15 is 0 Å². The molecule has 0 saturated carbocycles. The fourth-order valence-corrected chi connectivity index (χ4v) is 2.28. The van der Waals surface area contributed by atoms with Crippen molar-refractivity contribution in [1.29, 1.82) is 0 Å². The summed E-state index contributed by atoms with van der Waals surface area (Å²) < 4.78 is 10.5. The average molecular weight is 299 g/mol. The molecule has 0 atom stereocenters. The Hall–Kier alpha value is -2.49. The molecule has 0 fully saturated rings. The number of carbonyl (C=O) groups excluding carboxylic acids is 1. The maximum absolute atomic E-state index is 12.1. The number of hydrogen-bond acceptors (Lipinski definition) is 3. The fraction of sp³-hybridized carbons (Fsp3) is 0.278. The van der Waals surface area contributed by atoms with Gasteiger partial charge >= 0.3 is 0 Å². The maximum atomic E-state index is 12.1. The predicted octanol–water partition coefficient (Wildman–Crippen LogP) is 2.87. The zero-order valence-corrected chi connectivity index (χ0v) is 13.2. The third kappa shape index (κ3) is 4.25. The Kier molecular flexibility index (Phi) is 5.42. The highest BCUT2D eigenvalue weighted by atomic mass is 16.5. The van der Waals surface area contributed by atoms with E-state index in [2.05, 4.69) is 5.32 Å². The van der Waals surface area contributed by atoms with Crippen LogP contribution in [0.3, 0.4) is 0 Å². The maximum Gasteiger partial charge on any atom is 0.224 e. The van der Waals surface area contributed by atoms with Crippen LogP contribution in [0.2, 0.25) is 0 Å². The lowest BCUT2D eigenvalue weighted by atomic mass is 10.1. The molecule has 0 bridgehead atoms. The first kappa shape index (κ1) is 15.9. The van der Waals surface area contributed by atoms with E-state index < -0.39 is 0 Å². The summed E-state index contributed by atoms with van der Waals surface area (Å²) in [6.45, 7) is 2.42. The Bertz CT molecular complexity index is 653. The molecule has 4 nitrogen and oxygen atoms in total. The summed E-state index contributed by atoms with van der Waals surface area (Å²) in [6.07, 6.45) is 0.369. The molecule has 0 unspecified atom stereocenters. The van der Waals surface area contributed by atoms with E-state index in [1.54, 1.807) is 14.2 Å². The topological polar surface area (TPSA) is 47.6 Å². The van der Waals surface area contributed by atoms with Crippen molar-refractivity contribution in [2.24, 2.45) is 0 Å². The van der Waals surface area contributed by atoms with Crippen LogP contribution in [-0.4, -0.2) is 20.1 Å². The fourth-order valence-electron chi connectivity index (χ4n) is 2.28. The molecule has 116 valence electrons. The molecule has 0 aliphatic heterocycles. The lowest BCUT2D eigenvalue weighted by Gasteiger charge is -2.11. The third-order valence-electron chi connectivity index (χ3n) is 3.41. The van der Waals surface area contributed by atoms with Gasteiger partial charge in [-0.2, -0.15) is 0 Å². The molecular weight excluding hydrogens is 278 g/mol. The summed E-state index contributed by atoms with van der Waals surface area (Å²) in [7, 11) is 3.22. The number of carbonyl (C=O) groups is 1. The van der Waals surface area contributed by atoms with Gasteiger partial charge in [-0.05, 0) is 30.7 Å². The minimum atomic E-state index is -0.0181. The second-order valence-corrected chi connectivity index (χ2v) is 5.12. The number of ether oxygens (including phenoxy) is 2. The van der Waals surface area contributed by atoms with E-state index in [0.29, 0.717) is 13.0 Å². The van der Waals surface area contributed by atoms with E-state index in [0.717, 1.165) is 28.2 Å². The summed E-state index contributed by atoms with van der Waals surface area (Å²) in [5.41, 5.74) is 3.05. The van der Waals surface area contributed by atoms with Gasteiger partial charge in [-0.15, -0.1) is 0 Å². The third-order valence-corrected chi connectivity index (χ3v) is 3.41. The highest BCUT2D eigenvalue weighted by Gasteiger charge is 2.08. The van der Waals surface area contributed by atoms with Crippen molar-refractivity contribution in [1.82, 2.24) is 5.32 Å². The van der Waals surface area contributed by atoms with Gasteiger partial charge in [-0.1, -0.05) is 29.8 Å². The molecule has 0 radical (unpaired) electrons. The van der Waals surface area contributed by atoms with Crippen molar-refractivity contribution in [3.8, 4) is 11.5 Å². The number of rotatable bonds is 6. The first-order valence-electron chi connectivity index (χ1n) is 7.15. The monoisotopic (exact) mass is 299 g/mol. The van der Waals surface area contributed by atoms with Gasteiger partial charge < -0.3 is 14.8 Å². The Morgan fingerprint density at radius 3 is 2.59 bits per heavy atom. The average Bonchev–Trinajstić information content (AvgIpc) is 2.52. The van der Waals surface area contributed by atoms with Crippen LogP contribution < -0.4 is 14.8 Å². The van der Waals surface area contributed by atoms with Gasteiger partial charge in [0.15, 0.2) is 0 Å². The van der Waals surface area contributed by atoms with Crippen LogP contribution in [0.1, 0.15) is 16.7 Å². The van der Waals surface area contributed by atoms with Gasteiger partial charge in [0.05, 0.1) is 20.6 Å². The van der Waals surface area contributed by atoms with E-state index in [1.807, 2.05) is 49.4 Å². The van der Waals surface area contributed by atoms with Gasteiger partial charge in [0.25, 0.3) is 0 Å². The molecule has 0 heterocycles. The number of benzene rings is 2. The number of hydrogen-bond donors (Lipinski definition) is 1. The summed E-state index contributed by atoms with van der Waals surface area (Å²) in [5, 5.41) is 2.92. The van der Waals surface area contributed by atoms with E-state index in [-0.39, 0.29) is 5.91 Å². The summed E-state index contributed by atoms with van der Waals surface area (Å²) in [6, 6.07) is 13.5. The predicted molar refractivity (Wildman–Crippen MR) is 86.3 cm³/mol. The van der Waals surface area contributed by atoms with Crippen molar-refractivity contribution in [3.63, 3.8) is 0 Å². The molecule has 22 heavy (non-hydrogen) atoms. The van der Waals surface area contributed by atoms with Crippen LogP contribution in [0.25, 0.3) is 0 Å². The smallest absolute Gasteiger partial charge is 0.224 e. The molecule has 1 N–H and O–H groups in total. The zero-order chi connectivity index (χ0) is 15.9. The second-order valence-electron chi connectivity index (χ2n) is 5.12. The van der Waals surface area contributed by atoms with Crippen molar-refractivity contribution in [2.45, 2.75) is 19.9 Å². The number of aryl methyl sites for hydroxylation is 1. The summed E-state index contributed by atoms with van der Waals surface area (Å²) in [4.78, 5) is 12.1. The Labute approximate surface area is 131 Å². The zero-order valence-electron chi connectivity index (χ0n) is 13.2.